The Kier molecular flexibility index (Phi) is 2.29. The molecule has 15 heavy (non-hydrogen) atoms. The maximum atomic E-state index is 3.58. The van der Waals surface area contributed by atoms with Crippen molar-refractivity contribution < 1.29 is 0 Å². The Morgan fingerprint density at radius 1 is 1.27 bits per heavy atom. The maximum Gasteiger partial charge on any atom is 0.0373 e. The monoisotopic (exact) mass is 279 g/mol. The summed E-state index contributed by atoms with van der Waals surface area (Å²) in [6.45, 7) is 1.07. The molecule has 1 aromatic heterocycles. The van der Waals surface area contributed by atoms with Crippen LogP contribution < -0.4 is 5.32 Å². The van der Waals surface area contributed by atoms with Gasteiger partial charge in [-0.1, -0.05) is 6.07 Å². The minimum atomic E-state index is 1.07. The number of hydrogen-bond donors (Lipinski definition) is 1. The molecular formula is C12H10BrNS. The van der Waals surface area contributed by atoms with Crippen molar-refractivity contribution >= 4 is 33.0 Å². The molecule has 1 aliphatic heterocycles. The highest BCUT2D eigenvalue weighted by Gasteiger charge is 2.11. The van der Waals surface area contributed by atoms with Gasteiger partial charge in [0.25, 0.3) is 0 Å². The highest BCUT2D eigenvalue weighted by atomic mass is 79.9. The Bertz CT molecular complexity index is 504. The van der Waals surface area contributed by atoms with Gasteiger partial charge in [0.1, 0.15) is 0 Å². The fourth-order valence-electron chi connectivity index (χ4n) is 1.96. The van der Waals surface area contributed by atoms with Crippen LogP contribution in [-0.4, -0.2) is 6.54 Å². The molecule has 3 heteroatoms. The number of halogens is 1. The van der Waals surface area contributed by atoms with Gasteiger partial charge in [0.05, 0.1) is 0 Å². The standard InChI is InChI=1S/C12H10BrNS/c13-11-7-15-6-10(11)8-1-2-12-9(5-8)3-4-14-12/h1-2,5-7,14H,3-4H2. The van der Waals surface area contributed by atoms with Crippen LogP contribution in [0.5, 0.6) is 0 Å². The van der Waals surface area contributed by atoms with Gasteiger partial charge < -0.3 is 5.32 Å². The first kappa shape index (κ1) is 9.43. The first-order valence-corrected chi connectivity index (χ1v) is 6.67. The van der Waals surface area contributed by atoms with Crippen molar-refractivity contribution in [3.8, 4) is 11.1 Å². The van der Waals surface area contributed by atoms with E-state index in [1.165, 1.54) is 26.9 Å². The van der Waals surface area contributed by atoms with E-state index in [-0.39, 0.29) is 0 Å². The largest absolute Gasteiger partial charge is 0.384 e. The van der Waals surface area contributed by atoms with E-state index in [0.29, 0.717) is 0 Å². The lowest BCUT2D eigenvalue weighted by molar-refractivity contribution is 1.11. The van der Waals surface area contributed by atoms with E-state index in [2.05, 4.69) is 50.2 Å². The molecule has 0 radical (unpaired) electrons. The molecule has 0 aliphatic carbocycles. The second kappa shape index (κ2) is 3.65. The van der Waals surface area contributed by atoms with E-state index in [9.17, 15) is 0 Å². The average molecular weight is 280 g/mol. The van der Waals surface area contributed by atoms with Crippen LogP contribution in [0.15, 0.2) is 33.4 Å². The Balaban J connectivity index is 2.11. The SMILES string of the molecule is Brc1cscc1-c1ccc2c(c1)CCN2. The van der Waals surface area contributed by atoms with Crippen LogP contribution in [0.4, 0.5) is 5.69 Å². The van der Waals surface area contributed by atoms with Crippen molar-refractivity contribution in [2.24, 2.45) is 0 Å². The van der Waals surface area contributed by atoms with Crippen molar-refractivity contribution in [3.05, 3.63) is 39.0 Å². The molecule has 2 aromatic rings. The van der Waals surface area contributed by atoms with Gasteiger partial charge in [-0.2, -0.15) is 11.3 Å². The molecule has 0 amide bonds. The molecule has 0 bridgehead atoms. The highest BCUT2D eigenvalue weighted by molar-refractivity contribution is 9.10. The summed E-state index contributed by atoms with van der Waals surface area (Å²) in [6, 6.07) is 6.66. The van der Waals surface area contributed by atoms with Crippen LogP contribution in [0.25, 0.3) is 11.1 Å². The fraction of sp³-hybridized carbons (Fsp3) is 0.167. The molecule has 76 valence electrons. The first-order valence-electron chi connectivity index (χ1n) is 4.93. The predicted molar refractivity (Wildman–Crippen MR) is 69.6 cm³/mol. The van der Waals surface area contributed by atoms with Gasteiger partial charge in [0, 0.05) is 27.6 Å². The molecule has 1 aromatic carbocycles. The molecule has 0 saturated heterocycles. The zero-order valence-corrected chi connectivity index (χ0v) is 10.5. The van der Waals surface area contributed by atoms with Crippen molar-refractivity contribution in [2.45, 2.75) is 6.42 Å². The molecule has 1 aliphatic rings. The van der Waals surface area contributed by atoms with E-state index < -0.39 is 0 Å². The van der Waals surface area contributed by atoms with Crippen LogP contribution >= 0.6 is 27.3 Å². The summed E-state index contributed by atoms with van der Waals surface area (Å²) in [7, 11) is 0. The lowest BCUT2D eigenvalue weighted by Crippen LogP contribution is -1.90. The first-order chi connectivity index (χ1) is 7.34. The summed E-state index contributed by atoms with van der Waals surface area (Å²) in [6.07, 6.45) is 1.14. The van der Waals surface area contributed by atoms with E-state index in [1.807, 2.05) is 0 Å². The summed E-state index contributed by atoms with van der Waals surface area (Å²) in [4.78, 5) is 0. The van der Waals surface area contributed by atoms with Crippen molar-refractivity contribution in [1.82, 2.24) is 0 Å². The third-order valence-corrected chi connectivity index (χ3v) is 4.44. The van der Waals surface area contributed by atoms with Crippen LogP contribution in [0, 0.1) is 0 Å². The Hall–Kier alpha value is -0.800. The van der Waals surface area contributed by atoms with Gasteiger partial charge in [-0.15, -0.1) is 0 Å². The normalized spacial score (nSPS) is 13.7. The van der Waals surface area contributed by atoms with E-state index in [0.717, 1.165) is 13.0 Å². The Labute approximate surface area is 101 Å². The lowest BCUT2D eigenvalue weighted by Gasteiger charge is -2.03. The second-order valence-electron chi connectivity index (χ2n) is 3.68. The van der Waals surface area contributed by atoms with Crippen molar-refractivity contribution in [2.75, 3.05) is 11.9 Å². The lowest BCUT2D eigenvalue weighted by atomic mass is 10.0. The summed E-state index contributed by atoms with van der Waals surface area (Å²) < 4.78 is 1.19. The van der Waals surface area contributed by atoms with Gasteiger partial charge in [-0.05, 0) is 51.0 Å². The number of thiophene rings is 1. The quantitative estimate of drug-likeness (QED) is 0.827. The van der Waals surface area contributed by atoms with Crippen LogP contribution in [0.2, 0.25) is 0 Å². The summed E-state index contributed by atoms with van der Waals surface area (Å²) >= 11 is 5.31. The highest BCUT2D eigenvalue weighted by Crippen LogP contribution is 2.34. The number of hydrogen-bond acceptors (Lipinski definition) is 2. The number of fused-ring (bicyclic) bond motifs is 1. The van der Waals surface area contributed by atoms with Gasteiger partial charge in [0.15, 0.2) is 0 Å². The van der Waals surface area contributed by atoms with Gasteiger partial charge >= 0.3 is 0 Å². The van der Waals surface area contributed by atoms with E-state index in [1.54, 1.807) is 11.3 Å². The summed E-state index contributed by atoms with van der Waals surface area (Å²) in [5.74, 6) is 0. The van der Waals surface area contributed by atoms with Crippen LogP contribution in [0.1, 0.15) is 5.56 Å². The molecule has 0 spiro atoms. The van der Waals surface area contributed by atoms with Crippen molar-refractivity contribution in [1.29, 1.82) is 0 Å². The predicted octanol–water partition coefficient (Wildman–Crippen LogP) is 4.15. The van der Waals surface area contributed by atoms with E-state index in [4.69, 9.17) is 0 Å². The Morgan fingerprint density at radius 3 is 3.00 bits per heavy atom. The number of nitrogens with one attached hydrogen (secondary N) is 1. The summed E-state index contributed by atoms with van der Waals surface area (Å²) in [5, 5.41) is 7.69. The fourth-order valence-corrected chi connectivity index (χ4v) is 3.49. The van der Waals surface area contributed by atoms with Crippen LogP contribution in [-0.2, 0) is 6.42 Å². The Morgan fingerprint density at radius 2 is 2.20 bits per heavy atom. The third kappa shape index (κ3) is 1.60. The molecule has 2 heterocycles. The average Bonchev–Trinajstić information content (AvgIpc) is 2.84. The molecular weight excluding hydrogens is 270 g/mol. The zero-order valence-electron chi connectivity index (χ0n) is 8.09. The van der Waals surface area contributed by atoms with Gasteiger partial charge in [0.2, 0.25) is 0 Å². The van der Waals surface area contributed by atoms with E-state index >= 15 is 0 Å². The number of rotatable bonds is 1. The minimum absolute atomic E-state index is 1.07. The molecule has 1 nitrogen and oxygen atoms in total. The van der Waals surface area contributed by atoms with Gasteiger partial charge in [-0.25, -0.2) is 0 Å². The molecule has 0 unspecified atom stereocenters. The molecule has 3 rings (SSSR count). The minimum Gasteiger partial charge on any atom is -0.384 e. The van der Waals surface area contributed by atoms with Crippen molar-refractivity contribution in [3.63, 3.8) is 0 Å². The third-order valence-electron chi connectivity index (χ3n) is 2.74. The van der Waals surface area contributed by atoms with Gasteiger partial charge in [-0.3, -0.25) is 0 Å². The number of anilines is 1. The smallest absolute Gasteiger partial charge is 0.0373 e. The molecule has 0 saturated carbocycles. The zero-order chi connectivity index (χ0) is 10.3. The maximum absolute atomic E-state index is 3.58. The second-order valence-corrected chi connectivity index (χ2v) is 5.28. The molecule has 1 N–H and O–H groups in total. The molecule has 0 fully saturated rings. The van der Waals surface area contributed by atoms with Crippen LogP contribution in [0.3, 0.4) is 0 Å². The number of benzene rings is 1. The topological polar surface area (TPSA) is 12.0 Å². The molecule has 0 atom stereocenters. The summed E-state index contributed by atoms with van der Waals surface area (Å²) in [5.41, 5.74) is 5.34.